The van der Waals surface area contributed by atoms with E-state index in [-0.39, 0.29) is 5.41 Å². The van der Waals surface area contributed by atoms with Crippen LogP contribution in [0.5, 0.6) is 5.75 Å². The van der Waals surface area contributed by atoms with Crippen LogP contribution < -0.4 is 9.64 Å². The number of hydrogen-bond acceptors (Lipinski definition) is 4. The average molecular weight is 535 g/mol. The predicted octanol–water partition coefficient (Wildman–Crippen LogP) is 7.45. The van der Waals surface area contributed by atoms with Gasteiger partial charge >= 0.3 is 0 Å². The molecule has 0 fully saturated rings. The van der Waals surface area contributed by atoms with Crippen molar-refractivity contribution in [2.45, 2.75) is 57.0 Å². The summed E-state index contributed by atoms with van der Waals surface area (Å²) in [6.45, 7) is 13.3. The third kappa shape index (κ3) is 3.88. The predicted molar refractivity (Wildman–Crippen MR) is 152 cm³/mol. The fourth-order valence-electron chi connectivity index (χ4n) is 5.90. The molecule has 0 saturated heterocycles. The third-order valence-electron chi connectivity index (χ3n) is 7.71. The summed E-state index contributed by atoms with van der Waals surface area (Å²) >= 11 is 3.72. The lowest BCUT2D eigenvalue weighted by molar-refractivity contribution is 0.0747. The van der Waals surface area contributed by atoms with Gasteiger partial charge in [0.1, 0.15) is 5.69 Å². The van der Waals surface area contributed by atoms with Crippen LogP contribution in [0.2, 0.25) is 0 Å². The minimum atomic E-state index is -0.687. The van der Waals surface area contributed by atoms with E-state index in [1.165, 1.54) is 29.5 Å². The first kappa shape index (κ1) is 24.3. The maximum atomic E-state index is 7.20. The number of aliphatic imine (C=N–C) groups is 1. The van der Waals surface area contributed by atoms with Gasteiger partial charge in [-0.15, -0.1) is 0 Å². The molecule has 0 N–H and O–H groups in total. The van der Waals surface area contributed by atoms with Gasteiger partial charge < -0.3 is 14.5 Å². The van der Waals surface area contributed by atoms with E-state index in [2.05, 4.69) is 114 Å². The first-order valence-electron chi connectivity index (χ1n) is 12.9. The van der Waals surface area contributed by atoms with Crippen LogP contribution in [-0.4, -0.2) is 43.0 Å². The Labute approximate surface area is 218 Å². The minimum Gasteiger partial charge on any atom is -0.459 e. The third-order valence-corrected chi connectivity index (χ3v) is 8.31. The molecule has 1 unspecified atom stereocenters. The highest BCUT2D eigenvalue weighted by Crippen LogP contribution is 2.55. The molecule has 2 aliphatic heterocycles. The lowest BCUT2D eigenvalue weighted by Crippen LogP contribution is -2.63. The van der Waals surface area contributed by atoms with E-state index in [1.54, 1.807) is 0 Å². The quantitative estimate of drug-likeness (QED) is 0.281. The Morgan fingerprint density at radius 1 is 0.971 bits per heavy atom. The van der Waals surface area contributed by atoms with Crippen molar-refractivity contribution in [2.24, 2.45) is 4.99 Å². The molecule has 4 nitrogen and oxygen atoms in total. The fraction of sp³-hybridized carbons (Fsp3) is 0.433. The normalized spacial score (nSPS) is 19.9. The Bertz CT molecular complexity index is 1250. The van der Waals surface area contributed by atoms with Gasteiger partial charge in [0, 0.05) is 35.1 Å². The van der Waals surface area contributed by atoms with Gasteiger partial charge in [-0.05, 0) is 62.9 Å². The highest BCUT2D eigenvalue weighted by Gasteiger charge is 2.59. The second-order valence-corrected chi connectivity index (χ2v) is 10.8. The molecule has 0 radical (unpaired) electrons. The molecule has 0 saturated carbocycles. The zero-order valence-corrected chi connectivity index (χ0v) is 22.9. The van der Waals surface area contributed by atoms with Gasteiger partial charge in [0.05, 0.1) is 11.6 Å². The molecule has 3 aromatic carbocycles. The molecule has 0 amide bonds. The Morgan fingerprint density at radius 3 is 2.43 bits per heavy atom. The summed E-state index contributed by atoms with van der Waals surface area (Å²) in [4.78, 5) is 10.2. The Balaban J connectivity index is 1.62. The first-order chi connectivity index (χ1) is 17.0. The number of para-hydroxylation sites is 1. The van der Waals surface area contributed by atoms with E-state index in [0.29, 0.717) is 0 Å². The summed E-state index contributed by atoms with van der Waals surface area (Å²) in [5, 5.41) is 3.05. The van der Waals surface area contributed by atoms with E-state index in [1.807, 2.05) is 0 Å². The number of benzene rings is 3. The second kappa shape index (κ2) is 9.59. The van der Waals surface area contributed by atoms with Crippen LogP contribution in [0.4, 0.5) is 11.4 Å². The molecule has 1 spiro atoms. The largest absolute Gasteiger partial charge is 0.459 e. The number of alkyl halides is 1. The van der Waals surface area contributed by atoms with Gasteiger partial charge in [-0.2, -0.15) is 0 Å². The zero-order chi connectivity index (χ0) is 24.6. The Morgan fingerprint density at radius 2 is 1.69 bits per heavy atom. The molecular formula is C30H36BrN3O. The molecule has 0 bridgehead atoms. The molecule has 5 heteroatoms. The van der Waals surface area contributed by atoms with Crippen LogP contribution in [0.3, 0.4) is 0 Å². The number of rotatable bonds is 8. The van der Waals surface area contributed by atoms with Gasteiger partial charge in [0.15, 0.2) is 5.75 Å². The van der Waals surface area contributed by atoms with Crippen molar-refractivity contribution < 1.29 is 4.74 Å². The summed E-state index contributed by atoms with van der Waals surface area (Å²) in [6.07, 6.45) is 4.42. The number of halogens is 1. The van der Waals surface area contributed by atoms with E-state index >= 15 is 0 Å². The number of anilines is 1. The van der Waals surface area contributed by atoms with Crippen LogP contribution in [0.15, 0.2) is 59.6 Å². The fourth-order valence-corrected chi connectivity index (χ4v) is 6.31. The topological polar surface area (TPSA) is 28.1 Å². The molecule has 0 aromatic heterocycles. The maximum Gasteiger partial charge on any atom is 0.228 e. The van der Waals surface area contributed by atoms with Crippen molar-refractivity contribution in [2.75, 3.05) is 31.1 Å². The minimum absolute atomic E-state index is 0.277. The van der Waals surface area contributed by atoms with Crippen molar-refractivity contribution >= 4 is 44.3 Å². The Kier molecular flexibility index (Phi) is 6.67. The van der Waals surface area contributed by atoms with E-state index in [9.17, 15) is 0 Å². The molecular weight excluding hydrogens is 498 g/mol. The van der Waals surface area contributed by atoms with Crippen LogP contribution in [0.1, 0.15) is 51.7 Å². The summed E-state index contributed by atoms with van der Waals surface area (Å²) in [7, 11) is 0. The number of nitrogens with zero attached hydrogens (tertiary/aromatic N) is 3. The standard InChI is InChI=1S/C30H36BrN3O/c1-5-15-33(16-6-2)17-18-34-26-14-10-9-13-25(26)29(3,4)30(34)21-32-27-24-12-8-7-11-22(24)19-23(20-31)28(27)35-30/h7-14,19,21H,5-6,15-18,20H2,1-4H3. The molecule has 3 aromatic rings. The van der Waals surface area contributed by atoms with Gasteiger partial charge in [-0.25, -0.2) is 0 Å². The second-order valence-electron chi connectivity index (χ2n) is 10.3. The van der Waals surface area contributed by atoms with Crippen molar-refractivity contribution in [3.8, 4) is 5.75 Å². The first-order valence-corrected chi connectivity index (χ1v) is 14.0. The summed E-state index contributed by atoms with van der Waals surface area (Å²) in [5.74, 6) is 0.896. The lowest BCUT2D eigenvalue weighted by Gasteiger charge is -2.47. The zero-order valence-electron chi connectivity index (χ0n) is 21.4. The monoisotopic (exact) mass is 533 g/mol. The smallest absolute Gasteiger partial charge is 0.228 e. The van der Waals surface area contributed by atoms with Crippen LogP contribution in [-0.2, 0) is 10.7 Å². The Hall–Kier alpha value is -2.37. The number of fused-ring (bicyclic) bond motifs is 4. The van der Waals surface area contributed by atoms with Crippen molar-refractivity contribution in [1.29, 1.82) is 0 Å². The number of hydrogen-bond donors (Lipinski definition) is 0. The van der Waals surface area contributed by atoms with Gasteiger partial charge in [0.25, 0.3) is 0 Å². The lowest BCUT2D eigenvalue weighted by atomic mass is 9.77. The van der Waals surface area contributed by atoms with Crippen molar-refractivity contribution in [3.63, 3.8) is 0 Å². The molecule has 184 valence electrons. The highest BCUT2D eigenvalue weighted by molar-refractivity contribution is 9.08. The molecule has 1 atom stereocenters. The molecule has 5 rings (SSSR count). The maximum absolute atomic E-state index is 7.20. The van der Waals surface area contributed by atoms with Crippen LogP contribution in [0.25, 0.3) is 10.8 Å². The van der Waals surface area contributed by atoms with Crippen LogP contribution >= 0.6 is 15.9 Å². The van der Waals surface area contributed by atoms with Crippen LogP contribution in [0, 0.1) is 0 Å². The summed E-state index contributed by atoms with van der Waals surface area (Å²) in [5.41, 5.74) is 3.68. The van der Waals surface area contributed by atoms with Crippen molar-refractivity contribution in [1.82, 2.24) is 4.90 Å². The SMILES string of the molecule is CCCN(CCC)CCN1c2ccccc2C(C)(C)C12C=Nc1c(c(CBr)cc3ccccc13)O2. The molecule has 2 aliphatic rings. The number of ether oxygens (including phenoxy) is 1. The van der Waals surface area contributed by atoms with E-state index in [0.717, 1.165) is 53.9 Å². The summed E-state index contributed by atoms with van der Waals surface area (Å²) < 4.78 is 7.20. The van der Waals surface area contributed by atoms with Gasteiger partial charge in [0.2, 0.25) is 5.72 Å². The highest BCUT2D eigenvalue weighted by atomic mass is 79.9. The molecule has 2 heterocycles. The van der Waals surface area contributed by atoms with E-state index in [4.69, 9.17) is 9.73 Å². The average Bonchev–Trinajstić information content (AvgIpc) is 3.05. The van der Waals surface area contributed by atoms with Gasteiger partial charge in [-0.1, -0.05) is 72.2 Å². The van der Waals surface area contributed by atoms with Gasteiger partial charge in [-0.3, -0.25) is 4.99 Å². The van der Waals surface area contributed by atoms with E-state index < -0.39 is 5.72 Å². The van der Waals surface area contributed by atoms with Crippen molar-refractivity contribution in [3.05, 3.63) is 65.7 Å². The summed E-state index contributed by atoms with van der Waals surface area (Å²) in [6, 6.07) is 19.5. The molecule has 35 heavy (non-hydrogen) atoms. The molecule has 0 aliphatic carbocycles.